The van der Waals surface area contributed by atoms with E-state index in [1.165, 1.54) is 13.5 Å². The molecule has 2 saturated heterocycles. The van der Waals surface area contributed by atoms with Crippen LogP contribution in [0.1, 0.15) is 48.1 Å². The van der Waals surface area contributed by atoms with Crippen molar-refractivity contribution in [2.75, 3.05) is 13.7 Å². The largest absolute Gasteiger partial charge is 0.465 e. The van der Waals surface area contributed by atoms with E-state index in [1.807, 2.05) is 6.92 Å². The summed E-state index contributed by atoms with van der Waals surface area (Å²) in [5.74, 6) is 1.53. The first-order valence-electron chi connectivity index (χ1n) is 8.48. The van der Waals surface area contributed by atoms with E-state index in [9.17, 15) is 4.79 Å². The molecule has 2 aliphatic rings. The van der Waals surface area contributed by atoms with E-state index in [4.69, 9.17) is 13.9 Å². The molecule has 3 unspecified atom stereocenters. The van der Waals surface area contributed by atoms with Gasteiger partial charge in [-0.3, -0.25) is 0 Å². The molecular formula is C17H25N3O4. The van der Waals surface area contributed by atoms with Crippen LogP contribution in [0.2, 0.25) is 0 Å². The fraction of sp³-hybridized carbons (Fsp3) is 0.647. The van der Waals surface area contributed by atoms with Crippen molar-refractivity contribution in [3.05, 3.63) is 23.2 Å². The Balaban J connectivity index is 1.64. The van der Waals surface area contributed by atoms with Gasteiger partial charge >= 0.3 is 5.97 Å². The average molecular weight is 335 g/mol. The van der Waals surface area contributed by atoms with E-state index >= 15 is 0 Å². The smallest absolute Gasteiger partial charge is 0.341 e. The lowest BCUT2D eigenvalue weighted by atomic mass is 9.96. The quantitative estimate of drug-likeness (QED) is 0.484. The number of guanidine groups is 1. The Bertz CT molecular complexity index is 625. The normalized spacial score (nSPS) is 25.8. The summed E-state index contributed by atoms with van der Waals surface area (Å²) in [7, 11) is 1.36. The topological polar surface area (TPSA) is 85.1 Å². The molecule has 0 spiro atoms. The number of carbonyl (C=O) groups excluding carboxylic acids is 1. The Labute approximate surface area is 141 Å². The summed E-state index contributed by atoms with van der Waals surface area (Å²) in [6.07, 6.45) is 3.99. The molecule has 2 bridgehead atoms. The lowest BCUT2D eigenvalue weighted by Crippen LogP contribution is -2.47. The van der Waals surface area contributed by atoms with Crippen molar-refractivity contribution in [3.63, 3.8) is 0 Å². The summed E-state index contributed by atoms with van der Waals surface area (Å²) in [6, 6.07) is 2.00. The maximum atomic E-state index is 11.6. The van der Waals surface area contributed by atoms with Crippen LogP contribution in [0.25, 0.3) is 0 Å². The molecule has 0 amide bonds. The van der Waals surface area contributed by atoms with Gasteiger partial charge in [-0.15, -0.1) is 0 Å². The van der Waals surface area contributed by atoms with Crippen molar-refractivity contribution >= 4 is 11.9 Å². The molecule has 2 aliphatic heterocycles. The highest BCUT2D eigenvalue weighted by Crippen LogP contribution is 2.34. The van der Waals surface area contributed by atoms with Crippen LogP contribution < -0.4 is 10.6 Å². The molecule has 0 aliphatic carbocycles. The molecule has 2 fully saturated rings. The molecule has 0 radical (unpaired) electrons. The molecule has 3 atom stereocenters. The summed E-state index contributed by atoms with van der Waals surface area (Å²) >= 11 is 0. The van der Waals surface area contributed by atoms with Crippen LogP contribution in [0.15, 0.2) is 15.5 Å². The van der Waals surface area contributed by atoms with Crippen molar-refractivity contribution in [2.24, 2.45) is 4.99 Å². The zero-order chi connectivity index (χ0) is 17.1. The third-order valence-electron chi connectivity index (χ3n) is 4.54. The summed E-state index contributed by atoms with van der Waals surface area (Å²) in [5, 5.41) is 6.70. The number of hydrogen-bond donors (Lipinski definition) is 2. The van der Waals surface area contributed by atoms with Gasteiger partial charge in [0, 0.05) is 6.54 Å². The number of fused-ring (bicyclic) bond motifs is 2. The van der Waals surface area contributed by atoms with Crippen LogP contribution >= 0.6 is 0 Å². The molecule has 24 heavy (non-hydrogen) atoms. The van der Waals surface area contributed by atoms with Crippen molar-refractivity contribution in [1.29, 1.82) is 0 Å². The number of hydrogen-bond acceptors (Lipinski definition) is 5. The van der Waals surface area contributed by atoms with Gasteiger partial charge in [-0.2, -0.15) is 0 Å². The standard InChI is InChI=1S/C17H25N3O4/c1-4-18-17(20-14-8-11-5-6-15(14)24-11)19-9-12-7-13(10(2)23-12)16(21)22-3/h7,11,14-15H,4-6,8-9H2,1-3H3,(H2,18,19,20). The van der Waals surface area contributed by atoms with Crippen molar-refractivity contribution in [2.45, 2.75) is 57.9 Å². The van der Waals surface area contributed by atoms with Gasteiger partial charge in [0.2, 0.25) is 0 Å². The maximum Gasteiger partial charge on any atom is 0.341 e. The Kier molecular flexibility index (Phi) is 5.08. The van der Waals surface area contributed by atoms with Crippen molar-refractivity contribution in [1.82, 2.24) is 10.6 Å². The number of nitrogens with one attached hydrogen (secondary N) is 2. The number of esters is 1. The van der Waals surface area contributed by atoms with Gasteiger partial charge in [0.1, 0.15) is 23.6 Å². The molecule has 7 heteroatoms. The Hall–Kier alpha value is -2.02. The number of aliphatic imine (C=N–C) groups is 1. The number of furan rings is 1. The fourth-order valence-corrected chi connectivity index (χ4v) is 3.38. The molecule has 0 aromatic carbocycles. The first kappa shape index (κ1) is 16.8. The first-order valence-corrected chi connectivity index (χ1v) is 8.48. The highest BCUT2D eigenvalue weighted by Gasteiger charge is 2.41. The van der Waals surface area contributed by atoms with Crippen molar-refractivity contribution < 1.29 is 18.7 Å². The molecule has 1 aromatic rings. The van der Waals surface area contributed by atoms with Gasteiger partial charge in [0.15, 0.2) is 5.96 Å². The molecule has 0 saturated carbocycles. The monoisotopic (exact) mass is 335 g/mol. The molecule has 3 heterocycles. The van der Waals surface area contributed by atoms with Gasteiger partial charge in [-0.1, -0.05) is 0 Å². The van der Waals surface area contributed by atoms with Gasteiger partial charge in [0.25, 0.3) is 0 Å². The first-order chi connectivity index (χ1) is 11.6. The summed E-state index contributed by atoms with van der Waals surface area (Å²) < 4.78 is 16.2. The van der Waals surface area contributed by atoms with Crippen LogP contribution in [-0.2, 0) is 16.0 Å². The van der Waals surface area contributed by atoms with Crippen LogP contribution in [0.5, 0.6) is 0 Å². The second kappa shape index (κ2) is 7.25. The van der Waals surface area contributed by atoms with Crippen LogP contribution in [0, 0.1) is 6.92 Å². The summed E-state index contributed by atoms with van der Waals surface area (Å²) in [4.78, 5) is 16.2. The SMILES string of the molecule is CCNC(=NCc1cc(C(=O)OC)c(C)o1)NC1CC2CCC1O2. The van der Waals surface area contributed by atoms with Crippen LogP contribution in [0.4, 0.5) is 0 Å². The van der Waals surface area contributed by atoms with Crippen LogP contribution in [0.3, 0.4) is 0 Å². The van der Waals surface area contributed by atoms with Gasteiger partial charge in [-0.25, -0.2) is 9.79 Å². The molecule has 2 N–H and O–H groups in total. The zero-order valence-electron chi connectivity index (χ0n) is 14.4. The lowest BCUT2D eigenvalue weighted by Gasteiger charge is -2.22. The zero-order valence-corrected chi connectivity index (χ0v) is 14.4. The van der Waals surface area contributed by atoms with Gasteiger partial charge in [0.05, 0.1) is 25.4 Å². The van der Waals surface area contributed by atoms with Gasteiger partial charge < -0.3 is 24.5 Å². The Morgan fingerprint density at radius 3 is 2.92 bits per heavy atom. The number of nitrogens with zero attached hydrogens (tertiary/aromatic N) is 1. The van der Waals surface area contributed by atoms with Crippen molar-refractivity contribution in [3.8, 4) is 0 Å². The molecule has 3 rings (SSSR count). The Morgan fingerprint density at radius 2 is 2.29 bits per heavy atom. The predicted octanol–water partition coefficient (Wildman–Crippen LogP) is 1.75. The number of methoxy groups -OCH3 is 1. The van der Waals surface area contributed by atoms with E-state index < -0.39 is 5.97 Å². The second-order valence-corrected chi connectivity index (χ2v) is 6.23. The third kappa shape index (κ3) is 3.56. The predicted molar refractivity (Wildman–Crippen MR) is 89.0 cm³/mol. The molecule has 7 nitrogen and oxygen atoms in total. The van der Waals surface area contributed by atoms with E-state index in [-0.39, 0.29) is 6.10 Å². The van der Waals surface area contributed by atoms with E-state index in [0.717, 1.165) is 25.3 Å². The molecule has 1 aromatic heterocycles. The van der Waals surface area contributed by atoms with E-state index in [0.29, 0.717) is 35.8 Å². The lowest BCUT2D eigenvalue weighted by molar-refractivity contribution is 0.0598. The maximum absolute atomic E-state index is 11.6. The second-order valence-electron chi connectivity index (χ2n) is 6.23. The minimum atomic E-state index is -0.393. The minimum Gasteiger partial charge on any atom is -0.465 e. The number of carbonyl (C=O) groups is 1. The average Bonchev–Trinajstić information content (AvgIpc) is 3.27. The summed E-state index contributed by atoms with van der Waals surface area (Å²) in [5.41, 5.74) is 0.446. The number of ether oxygens (including phenoxy) is 2. The third-order valence-corrected chi connectivity index (χ3v) is 4.54. The molecule has 132 valence electrons. The minimum absolute atomic E-state index is 0.288. The van der Waals surface area contributed by atoms with E-state index in [2.05, 4.69) is 15.6 Å². The van der Waals surface area contributed by atoms with E-state index in [1.54, 1.807) is 13.0 Å². The fourth-order valence-electron chi connectivity index (χ4n) is 3.38. The van der Waals surface area contributed by atoms with Gasteiger partial charge in [-0.05, 0) is 39.2 Å². The Morgan fingerprint density at radius 1 is 1.46 bits per heavy atom. The molecular weight excluding hydrogens is 310 g/mol. The number of aryl methyl sites for hydroxylation is 1. The highest BCUT2D eigenvalue weighted by atomic mass is 16.5. The summed E-state index contributed by atoms with van der Waals surface area (Å²) in [6.45, 7) is 4.91. The van der Waals surface area contributed by atoms with Crippen LogP contribution in [-0.4, -0.2) is 43.8 Å². The number of rotatable bonds is 5. The highest BCUT2D eigenvalue weighted by molar-refractivity contribution is 5.90.